The number of rotatable bonds is 7. The lowest BCUT2D eigenvalue weighted by atomic mass is 10.2. The van der Waals surface area contributed by atoms with Gasteiger partial charge in [-0.3, -0.25) is 4.98 Å². The number of pyridine rings is 1. The molecule has 0 spiro atoms. The molecule has 0 aliphatic heterocycles. The third-order valence-electron chi connectivity index (χ3n) is 3.22. The molecule has 0 saturated heterocycles. The highest BCUT2D eigenvalue weighted by Gasteiger charge is 2.17. The fraction of sp³-hybridized carbons (Fsp3) is 0.294. The van der Waals surface area contributed by atoms with Crippen LogP contribution in [0.1, 0.15) is 16.1 Å². The Kier molecular flexibility index (Phi) is 5.80. The Bertz CT molecular complexity index is 632. The van der Waals surface area contributed by atoms with Crippen LogP contribution >= 0.6 is 0 Å². The Morgan fingerprint density at radius 2 is 1.74 bits per heavy atom. The van der Waals surface area contributed by atoms with Gasteiger partial charge >= 0.3 is 5.97 Å². The fourth-order valence-corrected chi connectivity index (χ4v) is 2.08. The second kappa shape index (κ2) is 8.03. The summed E-state index contributed by atoms with van der Waals surface area (Å²) in [5.74, 6) is 0.785. The number of aromatic nitrogens is 1. The van der Waals surface area contributed by atoms with Crippen molar-refractivity contribution in [2.45, 2.75) is 6.42 Å². The van der Waals surface area contributed by atoms with Crippen molar-refractivity contribution in [3.63, 3.8) is 0 Å². The normalized spacial score (nSPS) is 10.0. The van der Waals surface area contributed by atoms with E-state index in [1.807, 2.05) is 18.2 Å². The maximum Gasteiger partial charge on any atom is 0.338 e. The van der Waals surface area contributed by atoms with Crippen LogP contribution in [0.4, 0.5) is 0 Å². The summed E-state index contributed by atoms with van der Waals surface area (Å²) in [6.07, 6.45) is 2.26. The van der Waals surface area contributed by atoms with E-state index in [0.29, 0.717) is 29.2 Å². The molecule has 0 saturated carbocycles. The van der Waals surface area contributed by atoms with Gasteiger partial charge in [-0.15, -0.1) is 0 Å². The minimum Gasteiger partial charge on any atom is -0.493 e. The van der Waals surface area contributed by atoms with Crippen LogP contribution in [-0.2, 0) is 11.2 Å². The van der Waals surface area contributed by atoms with Gasteiger partial charge in [-0.1, -0.05) is 6.07 Å². The SMILES string of the molecule is COc1cc(C(=O)OCCc2ccccn2)cc(OC)c1OC. The number of carbonyl (C=O) groups excluding carboxylic acids is 1. The maximum atomic E-state index is 12.2. The van der Waals surface area contributed by atoms with Gasteiger partial charge in [0.1, 0.15) is 0 Å². The van der Waals surface area contributed by atoms with Crippen LogP contribution in [0, 0.1) is 0 Å². The zero-order valence-corrected chi connectivity index (χ0v) is 13.4. The minimum absolute atomic E-state index is 0.243. The first kappa shape index (κ1) is 16.6. The van der Waals surface area contributed by atoms with Crippen LogP contribution in [-0.4, -0.2) is 38.9 Å². The first-order chi connectivity index (χ1) is 11.2. The van der Waals surface area contributed by atoms with Crippen LogP contribution in [0.3, 0.4) is 0 Å². The van der Waals surface area contributed by atoms with Crippen molar-refractivity contribution < 1.29 is 23.7 Å². The number of methoxy groups -OCH3 is 3. The molecule has 1 heterocycles. The van der Waals surface area contributed by atoms with E-state index < -0.39 is 5.97 Å². The van der Waals surface area contributed by atoms with E-state index in [2.05, 4.69) is 4.98 Å². The summed E-state index contributed by atoms with van der Waals surface area (Å²) >= 11 is 0. The first-order valence-corrected chi connectivity index (χ1v) is 7.06. The Balaban J connectivity index is 2.07. The molecule has 2 aromatic rings. The molecule has 2 rings (SSSR count). The number of carbonyl (C=O) groups is 1. The number of hydrogen-bond donors (Lipinski definition) is 0. The zero-order chi connectivity index (χ0) is 16.7. The van der Waals surface area contributed by atoms with Gasteiger partial charge < -0.3 is 18.9 Å². The number of benzene rings is 1. The van der Waals surface area contributed by atoms with Gasteiger partial charge in [0.2, 0.25) is 5.75 Å². The molecule has 0 amide bonds. The molecule has 0 aliphatic rings. The standard InChI is InChI=1S/C17H19NO5/c1-20-14-10-12(11-15(21-2)16(14)22-3)17(19)23-9-7-13-6-4-5-8-18-13/h4-6,8,10-11H,7,9H2,1-3H3. The minimum atomic E-state index is -0.458. The number of hydrogen-bond acceptors (Lipinski definition) is 6. The zero-order valence-electron chi connectivity index (χ0n) is 13.4. The molecule has 6 heteroatoms. The number of esters is 1. The molecule has 1 aromatic carbocycles. The second-order valence-corrected chi connectivity index (χ2v) is 4.62. The quantitative estimate of drug-likeness (QED) is 0.731. The average molecular weight is 317 g/mol. The Hall–Kier alpha value is -2.76. The van der Waals surface area contributed by atoms with Crippen molar-refractivity contribution in [2.75, 3.05) is 27.9 Å². The molecule has 6 nitrogen and oxygen atoms in total. The number of nitrogens with zero attached hydrogens (tertiary/aromatic N) is 1. The highest BCUT2D eigenvalue weighted by Crippen LogP contribution is 2.38. The van der Waals surface area contributed by atoms with Crippen LogP contribution in [0.2, 0.25) is 0 Å². The van der Waals surface area contributed by atoms with E-state index in [-0.39, 0.29) is 6.61 Å². The summed E-state index contributed by atoms with van der Waals surface area (Å²) < 4.78 is 20.9. The van der Waals surface area contributed by atoms with Crippen LogP contribution in [0.25, 0.3) is 0 Å². The van der Waals surface area contributed by atoms with E-state index in [9.17, 15) is 4.79 Å². The number of ether oxygens (including phenoxy) is 4. The van der Waals surface area contributed by atoms with E-state index in [4.69, 9.17) is 18.9 Å². The molecule has 0 N–H and O–H groups in total. The van der Waals surface area contributed by atoms with Gasteiger partial charge in [-0.2, -0.15) is 0 Å². The first-order valence-electron chi connectivity index (χ1n) is 7.06. The highest BCUT2D eigenvalue weighted by molar-refractivity contribution is 5.91. The second-order valence-electron chi connectivity index (χ2n) is 4.62. The highest BCUT2D eigenvalue weighted by atomic mass is 16.5. The van der Waals surface area contributed by atoms with Gasteiger partial charge in [-0.05, 0) is 24.3 Å². The van der Waals surface area contributed by atoms with E-state index in [1.165, 1.54) is 21.3 Å². The van der Waals surface area contributed by atoms with Gasteiger partial charge in [0.05, 0.1) is 33.5 Å². The Morgan fingerprint density at radius 1 is 1.04 bits per heavy atom. The van der Waals surface area contributed by atoms with Crippen molar-refractivity contribution >= 4 is 5.97 Å². The van der Waals surface area contributed by atoms with E-state index in [0.717, 1.165) is 5.69 Å². The third-order valence-corrected chi connectivity index (χ3v) is 3.22. The van der Waals surface area contributed by atoms with Gasteiger partial charge in [-0.25, -0.2) is 4.79 Å². The average Bonchev–Trinajstić information content (AvgIpc) is 2.61. The summed E-state index contributed by atoms with van der Waals surface area (Å²) in [5, 5.41) is 0. The van der Waals surface area contributed by atoms with Crippen molar-refractivity contribution in [3.8, 4) is 17.2 Å². The van der Waals surface area contributed by atoms with Gasteiger partial charge in [0.15, 0.2) is 11.5 Å². The van der Waals surface area contributed by atoms with Crippen LogP contribution in [0.15, 0.2) is 36.5 Å². The smallest absolute Gasteiger partial charge is 0.338 e. The molecule has 0 bridgehead atoms. The lowest BCUT2D eigenvalue weighted by Gasteiger charge is -2.13. The van der Waals surface area contributed by atoms with Gasteiger partial charge in [0, 0.05) is 18.3 Å². The Labute approximate surface area is 135 Å². The molecule has 122 valence electrons. The summed E-state index contributed by atoms with van der Waals surface area (Å²) in [5.41, 5.74) is 1.20. The van der Waals surface area contributed by atoms with Crippen molar-refractivity contribution in [2.24, 2.45) is 0 Å². The molecule has 0 aliphatic carbocycles. The van der Waals surface area contributed by atoms with Gasteiger partial charge in [0.25, 0.3) is 0 Å². The summed E-state index contributed by atoms with van der Waals surface area (Å²) in [6, 6.07) is 8.73. The van der Waals surface area contributed by atoms with Crippen molar-refractivity contribution in [1.29, 1.82) is 0 Å². The summed E-state index contributed by atoms with van der Waals surface area (Å²) in [4.78, 5) is 16.4. The lowest BCUT2D eigenvalue weighted by Crippen LogP contribution is -2.09. The molecular weight excluding hydrogens is 298 g/mol. The monoisotopic (exact) mass is 317 g/mol. The third kappa shape index (κ3) is 4.12. The Morgan fingerprint density at radius 3 is 2.26 bits per heavy atom. The van der Waals surface area contributed by atoms with Crippen LogP contribution < -0.4 is 14.2 Å². The molecule has 0 atom stereocenters. The predicted molar refractivity (Wildman–Crippen MR) is 84.3 cm³/mol. The largest absolute Gasteiger partial charge is 0.493 e. The molecule has 0 radical (unpaired) electrons. The summed E-state index contributed by atoms with van der Waals surface area (Å²) in [6.45, 7) is 0.243. The molecule has 0 fully saturated rings. The summed E-state index contributed by atoms with van der Waals surface area (Å²) in [7, 11) is 4.49. The molecule has 23 heavy (non-hydrogen) atoms. The topological polar surface area (TPSA) is 66.9 Å². The maximum absolute atomic E-state index is 12.2. The van der Waals surface area contributed by atoms with Crippen molar-refractivity contribution in [3.05, 3.63) is 47.8 Å². The van der Waals surface area contributed by atoms with E-state index >= 15 is 0 Å². The lowest BCUT2D eigenvalue weighted by molar-refractivity contribution is 0.0507. The molecule has 1 aromatic heterocycles. The molecule has 0 unspecified atom stereocenters. The van der Waals surface area contributed by atoms with Crippen molar-refractivity contribution in [1.82, 2.24) is 4.98 Å². The fourth-order valence-electron chi connectivity index (χ4n) is 2.08. The molecular formula is C17H19NO5. The van der Waals surface area contributed by atoms with E-state index in [1.54, 1.807) is 18.3 Å². The van der Waals surface area contributed by atoms with Crippen LogP contribution in [0.5, 0.6) is 17.2 Å². The predicted octanol–water partition coefficient (Wildman–Crippen LogP) is 2.51.